The molecule has 0 heterocycles. The zero-order valence-corrected chi connectivity index (χ0v) is 14.4. The Morgan fingerprint density at radius 1 is 1.00 bits per heavy atom. The molecule has 0 atom stereocenters. The second kappa shape index (κ2) is 9.23. The van der Waals surface area contributed by atoms with Crippen molar-refractivity contribution in [2.75, 3.05) is 0 Å². The van der Waals surface area contributed by atoms with Crippen LogP contribution in [-0.2, 0) is 11.2 Å². The number of hydrogen-bond donors (Lipinski definition) is 3. The van der Waals surface area contributed by atoms with Crippen LogP contribution >= 0.6 is 12.2 Å². The molecule has 2 amide bonds. The van der Waals surface area contributed by atoms with Gasteiger partial charge in [0.05, 0.1) is 4.92 Å². The number of rotatable bonds is 5. The number of carbonyl (C=O) groups excluding carboxylic acids is 2. The Morgan fingerprint density at radius 3 is 2.35 bits per heavy atom. The third kappa shape index (κ3) is 5.64. The highest BCUT2D eigenvalue weighted by Gasteiger charge is 2.19. The molecule has 2 aromatic carbocycles. The number of hydrazine groups is 1. The van der Waals surface area contributed by atoms with Crippen molar-refractivity contribution in [3.8, 4) is 0 Å². The molecule has 2 rings (SSSR count). The molecular formula is C17H16N4O4S. The van der Waals surface area contributed by atoms with Crippen molar-refractivity contribution in [2.45, 2.75) is 12.8 Å². The number of benzene rings is 2. The van der Waals surface area contributed by atoms with E-state index >= 15 is 0 Å². The van der Waals surface area contributed by atoms with E-state index in [4.69, 9.17) is 12.2 Å². The van der Waals surface area contributed by atoms with Crippen LogP contribution in [0.3, 0.4) is 0 Å². The number of para-hydroxylation sites is 1. The fourth-order valence-corrected chi connectivity index (χ4v) is 2.29. The second-order valence-electron chi connectivity index (χ2n) is 5.22. The van der Waals surface area contributed by atoms with E-state index in [0.29, 0.717) is 6.42 Å². The van der Waals surface area contributed by atoms with Crippen LogP contribution in [-0.4, -0.2) is 21.9 Å². The second-order valence-corrected chi connectivity index (χ2v) is 5.62. The van der Waals surface area contributed by atoms with Gasteiger partial charge >= 0.3 is 0 Å². The van der Waals surface area contributed by atoms with Crippen molar-refractivity contribution in [2.24, 2.45) is 0 Å². The zero-order chi connectivity index (χ0) is 18.9. The highest BCUT2D eigenvalue weighted by atomic mass is 32.1. The first-order chi connectivity index (χ1) is 12.5. The number of aryl methyl sites for hydroxylation is 1. The zero-order valence-electron chi connectivity index (χ0n) is 13.6. The maximum absolute atomic E-state index is 12.0. The number of nitro benzene ring substituents is 1. The lowest BCUT2D eigenvalue weighted by molar-refractivity contribution is -0.385. The standard InChI is InChI=1S/C17H16N4O4S/c22-15(11-10-12-6-2-1-3-7-12)18-17(26)20-19-16(23)13-8-4-5-9-14(13)21(24)25/h1-9H,10-11H2,(H,19,23)(H2,18,20,22,26). The normalized spacial score (nSPS) is 9.85. The first-order valence-corrected chi connectivity index (χ1v) is 8.05. The van der Waals surface area contributed by atoms with E-state index in [-0.39, 0.29) is 28.7 Å². The van der Waals surface area contributed by atoms with E-state index in [2.05, 4.69) is 16.2 Å². The number of hydrogen-bond acceptors (Lipinski definition) is 5. The minimum absolute atomic E-state index is 0.102. The Bertz CT molecular complexity index is 827. The van der Waals surface area contributed by atoms with Gasteiger partial charge in [-0.3, -0.25) is 30.6 Å². The van der Waals surface area contributed by atoms with Crippen molar-refractivity contribution < 1.29 is 14.5 Å². The molecule has 3 N–H and O–H groups in total. The fraction of sp³-hybridized carbons (Fsp3) is 0.118. The summed E-state index contributed by atoms with van der Waals surface area (Å²) in [5.74, 6) is -1.05. The summed E-state index contributed by atoms with van der Waals surface area (Å²) < 4.78 is 0. The molecule has 0 spiro atoms. The largest absolute Gasteiger partial charge is 0.302 e. The van der Waals surface area contributed by atoms with Crippen molar-refractivity contribution in [3.05, 3.63) is 75.8 Å². The molecule has 0 saturated heterocycles. The molecule has 0 radical (unpaired) electrons. The van der Waals surface area contributed by atoms with E-state index < -0.39 is 10.8 Å². The van der Waals surface area contributed by atoms with E-state index in [1.54, 1.807) is 0 Å². The minimum atomic E-state index is -0.738. The van der Waals surface area contributed by atoms with Crippen molar-refractivity contribution >= 4 is 34.8 Å². The molecule has 0 aliphatic carbocycles. The van der Waals surface area contributed by atoms with Crippen LogP contribution in [0.2, 0.25) is 0 Å². The van der Waals surface area contributed by atoms with Gasteiger partial charge < -0.3 is 5.32 Å². The monoisotopic (exact) mass is 372 g/mol. The molecule has 8 nitrogen and oxygen atoms in total. The first-order valence-electron chi connectivity index (χ1n) is 7.65. The third-order valence-electron chi connectivity index (χ3n) is 3.37. The van der Waals surface area contributed by atoms with E-state index in [0.717, 1.165) is 5.56 Å². The maximum atomic E-state index is 12.0. The molecular weight excluding hydrogens is 356 g/mol. The maximum Gasteiger partial charge on any atom is 0.282 e. The van der Waals surface area contributed by atoms with Gasteiger partial charge in [-0.05, 0) is 30.3 Å². The lowest BCUT2D eigenvalue weighted by Crippen LogP contribution is -2.48. The van der Waals surface area contributed by atoms with Gasteiger partial charge in [0.2, 0.25) is 5.91 Å². The molecule has 0 fully saturated rings. The van der Waals surface area contributed by atoms with Gasteiger partial charge in [0.15, 0.2) is 5.11 Å². The Hall–Kier alpha value is -3.33. The molecule has 0 saturated carbocycles. The van der Waals surface area contributed by atoms with E-state index in [1.807, 2.05) is 30.3 Å². The highest BCUT2D eigenvalue weighted by Crippen LogP contribution is 2.16. The summed E-state index contributed by atoms with van der Waals surface area (Å²) in [6, 6.07) is 15.0. The molecule has 0 aromatic heterocycles. The molecule has 2 aromatic rings. The van der Waals surface area contributed by atoms with Crippen LogP contribution < -0.4 is 16.2 Å². The number of nitrogens with zero attached hydrogens (tertiary/aromatic N) is 1. The Labute approximate surface area is 154 Å². The number of nitrogens with one attached hydrogen (secondary N) is 3. The number of thiocarbonyl (C=S) groups is 1. The van der Waals surface area contributed by atoms with Gasteiger partial charge in [-0.25, -0.2) is 0 Å². The SMILES string of the molecule is O=C(CCc1ccccc1)NC(=S)NNC(=O)c1ccccc1[N+](=O)[O-]. The molecule has 0 bridgehead atoms. The van der Waals surface area contributed by atoms with Crippen molar-refractivity contribution in [3.63, 3.8) is 0 Å². The van der Waals surface area contributed by atoms with Gasteiger partial charge in [0, 0.05) is 12.5 Å². The Kier molecular flexibility index (Phi) is 6.75. The topological polar surface area (TPSA) is 113 Å². The summed E-state index contributed by atoms with van der Waals surface area (Å²) in [5, 5.41) is 13.2. The van der Waals surface area contributed by atoms with Crippen molar-refractivity contribution in [1.82, 2.24) is 16.2 Å². The van der Waals surface area contributed by atoms with E-state index in [9.17, 15) is 19.7 Å². The quantitative estimate of drug-likeness (QED) is 0.419. The molecule has 26 heavy (non-hydrogen) atoms. The third-order valence-corrected chi connectivity index (χ3v) is 3.58. The summed E-state index contributed by atoms with van der Waals surface area (Å²) in [6.45, 7) is 0. The molecule has 0 aliphatic rings. The van der Waals surface area contributed by atoms with Gasteiger partial charge in [-0.1, -0.05) is 42.5 Å². The van der Waals surface area contributed by atoms with E-state index in [1.165, 1.54) is 24.3 Å². The lowest BCUT2D eigenvalue weighted by atomic mass is 10.1. The Balaban J connectivity index is 1.80. The van der Waals surface area contributed by atoms with Crippen LogP contribution in [0.25, 0.3) is 0 Å². The summed E-state index contributed by atoms with van der Waals surface area (Å²) in [4.78, 5) is 34.1. The predicted octanol–water partition coefficient (Wildman–Crippen LogP) is 1.86. The van der Waals surface area contributed by atoms with Gasteiger partial charge in [-0.2, -0.15) is 0 Å². The lowest BCUT2D eigenvalue weighted by Gasteiger charge is -2.11. The van der Waals surface area contributed by atoms with Crippen LogP contribution in [0.1, 0.15) is 22.3 Å². The number of carbonyl (C=O) groups is 2. The first kappa shape index (κ1) is 19.0. The van der Waals surface area contributed by atoms with Gasteiger partial charge in [-0.15, -0.1) is 0 Å². The van der Waals surface area contributed by atoms with Crippen LogP contribution in [0.5, 0.6) is 0 Å². The summed E-state index contributed by atoms with van der Waals surface area (Å²) >= 11 is 4.92. The molecule has 9 heteroatoms. The highest BCUT2D eigenvalue weighted by molar-refractivity contribution is 7.80. The number of nitro groups is 1. The summed E-state index contributed by atoms with van der Waals surface area (Å²) in [5.41, 5.74) is 5.15. The van der Waals surface area contributed by atoms with Gasteiger partial charge in [0.1, 0.15) is 5.56 Å². The average molecular weight is 372 g/mol. The van der Waals surface area contributed by atoms with Crippen LogP contribution in [0, 0.1) is 10.1 Å². The molecule has 0 aliphatic heterocycles. The minimum Gasteiger partial charge on any atom is -0.302 e. The predicted molar refractivity (Wildman–Crippen MR) is 99.2 cm³/mol. The van der Waals surface area contributed by atoms with Gasteiger partial charge in [0.25, 0.3) is 11.6 Å². The summed E-state index contributed by atoms with van der Waals surface area (Å²) in [7, 11) is 0. The fourth-order valence-electron chi connectivity index (χ4n) is 2.13. The summed E-state index contributed by atoms with van der Waals surface area (Å²) in [6.07, 6.45) is 0.780. The number of amides is 2. The van der Waals surface area contributed by atoms with Crippen LogP contribution in [0.15, 0.2) is 54.6 Å². The molecule has 134 valence electrons. The van der Waals surface area contributed by atoms with Crippen molar-refractivity contribution in [1.29, 1.82) is 0 Å². The smallest absolute Gasteiger partial charge is 0.282 e. The Morgan fingerprint density at radius 2 is 1.65 bits per heavy atom. The van der Waals surface area contributed by atoms with Crippen LogP contribution in [0.4, 0.5) is 5.69 Å². The molecule has 0 unspecified atom stereocenters. The average Bonchev–Trinajstić information content (AvgIpc) is 2.65.